The molecule has 132 valence electrons. The molecule has 0 radical (unpaired) electrons. The summed E-state index contributed by atoms with van der Waals surface area (Å²) in [6.07, 6.45) is 5.42. The molecular formula is C22H24N4. The summed E-state index contributed by atoms with van der Waals surface area (Å²) >= 11 is 0. The molecule has 0 spiro atoms. The Hall–Kier alpha value is -2.72. The van der Waals surface area contributed by atoms with Crippen molar-refractivity contribution in [1.29, 1.82) is 0 Å². The molecule has 0 bridgehead atoms. The highest BCUT2D eigenvalue weighted by Gasteiger charge is 2.28. The second-order valence-electron chi connectivity index (χ2n) is 6.86. The number of hydrogen-bond donors (Lipinski definition) is 1. The fourth-order valence-corrected chi connectivity index (χ4v) is 3.81. The van der Waals surface area contributed by atoms with Crippen molar-refractivity contribution in [3.63, 3.8) is 0 Å². The zero-order valence-electron chi connectivity index (χ0n) is 14.9. The summed E-state index contributed by atoms with van der Waals surface area (Å²) in [5, 5.41) is 0. The van der Waals surface area contributed by atoms with Gasteiger partial charge in [-0.25, -0.2) is 9.97 Å². The van der Waals surface area contributed by atoms with Gasteiger partial charge in [0.05, 0.1) is 11.7 Å². The highest BCUT2D eigenvalue weighted by Crippen LogP contribution is 2.36. The largest absolute Gasteiger partial charge is 0.368 e. The van der Waals surface area contributed by atoms with E-state index in [0.29, 0.717) is 5.95 Å². The highest BCUT2D eigenvalue weighted by atomic mass is 15.2. The van der Waals surface area contributed by atoms with Crippen LogP contribution < -0.4 is 5.73 Å². The first-order valence-corrected chi connectivity index (χ1v) is 9.27. The van der Waals surface area contributed by atoms with Crippen LogP contribution in [0, 0.1) is 0 Å². The predicted octanol–water partition coefficient (Wildman–Crippen LogP) is 4.45. The van der Waals surface area contributed by atoms with Crippen LogP contribution >= 0.6 is 0 Å². The van der Waals surface area contributed by atoms with Crippen molar-refractivity contribution >= 4 is 5.95 Å². The number of nitrogens with zero attached hydrogens (tertiary/aromatic N) is 3. The van der Waals surface area contributed by atoms with Gasteiger partial charge in [0.15, 0.2) is 0 Å². The molecule has 3 aromatic rings. The fraction of sp³-hybridized carbons (Fsp3) is 0.273. The Morgan fingerprint density at radius 1 is 0.962 bits per heavy atom. The molecule has 0 aliphatic carbocycles. The van der Waals surface area contributed by atoms with E-state index in [0.717, 1.165) is 36.3 Å². The Morgan fingerprint density at radius 3 is 2.46 bits per heavy atom. The van der Waals surface area contributed by atoms with Crippen molar-refractivity contribution in [1.82, 2.24) is 14.9 Å². The van der Waals surface area contributed by atoms with E-state index < -0.39 is 0 Å². The first-order valence-electron chi connectivity index (χ1n) is 9.27. The van der Waals surface area contributed by atoms with Crippen LogP contribution in [0.4, 0.5) is 5.95 Å². The van der Waals surface area contributed by atoms with E-state index in [2.05, 4.69) is 64.5 Å². The average molecular weight is 344 g/mol. The Morgan fingerprint density at radius 2 is 1.69 bits per heavy atom. The van der Waals surface area contributed by atoms with Gasteiger partial charge >= 0.3 is 0 Å². The highest BCUT2D eigenvalue weighted by molar-refractivity contribution is 5.66. The number of benzene rings is 2. The summed E-state index contributed by atoms with van der Waals surface area (Å²) < 4.78 is 0. The van der Waals surface area contributed by atoms with Gasteiger partial charge in [-0.3, -0.25) is 4.90 Å². The molecule has 2 aromatic carbocycles. The van der Waals surface area contributed by atoms with Crippen LogP contribution in [-0.4, -0.2) is 21.4 Å². The number of piperidine rings is 1. The smallest absolute Gasteiger partial charge is 0.220 e. The van der Waals surface area contributed by atoms with Gasteiger partial charge in [0.2, 0.25) is 5.95 Å². The maximum absolute atomic E-state index is 5.97. The number of aromatic nitrogens is 2. The summed E-state index contributed by atoms with van der Waals surface area (Å²) in [7, 11) is 0. The molecule has 4 rings (SSSR count). The van der Waals surface area contributed by atoms with Crippen LogP contribution in [0.1, 0.15) is 36.6 Å². The van der Waals surface area contributed by atoms with Gasteiger partial charge in [-0.15, -0.1) is 0 Å². The zero-order valence-corrected chi connectivity index (χ0v) is 14.9. The van der Waals surface area contributed by atoms with Crippen LogP contribution in [0.25, 0.3) is 11.1 Å². The van der Waals surface area contributed by atoms with Gasteiger partial charge in [-0.05, 0) is 30.5 Å². The summed E-state index contributed by atoms with van der Waals surface area (Å²) in [5.74, 6) is 0.352. The van der Waals surface area contributed by atoms with Crippen LogP contribution in [-0.2, 0) is 6.54 Å². The van der Waals surface area contributed by atoms with Crippen LogP contribution in [0.3, 0.4) is 0 Å². The lowest BCUT2D eigenvalue weighted by atomic mass is 9.93. The van der Waals surface area contributed by atoms with Crippen molar-refractivity contribution in [3.8, 4) is 11.1 Å². The molecule has 1 aromatic heterocycles. The topological polar surface area (TPSA) is 55.0 Å². The minimum absolute atomic E-state index is 0.268. The fourth-order valence-electron chi connectivity index (χ4n) is 3.81. The lowest BCUT2D eigenvalue weighted by Crippen LogP contribution is -2.34. The lowest BCUT2D eigenvalue weighted by Gasteiger charge is -2.36. The molecule has 1 atom stereocenters. The second-order valence-corrected chi connectivity index (χ2v) is 6.86. The molecule has 4 heteroatoms. The molecule has 0 unspecified atom stereocenters. The molecule has 4 nitrogen and oxygen atoms in total. The molecule has 1 fully saturated rings. The summed E-state index contributed by atoms with van der Waals surface area (Å²) in [6, 6.07) is 21.3. The third kappa shape index (κ3) is 3.60. The Labute approximate surface area is 154 Å². The van der Waals surface area contributed by atoms with E-state index in [1.165, 1.54) is 18.4 Å². The molecule has 1 aliphatic heterocycles. The third-order valence-corrected chi connectivity index (χ3v) is 5.08. The Kier molecular flexibility index (Phi) is 4.93. The first kappa shape index (κ1) is 16.7. The van der Waals surface area contributed by atoms with Crippen molar-refractivity contribution in [2.45, 2.75) is 31.8 Å². The molecular weight excluding hydrogens is 320 g/mol. The van der Waals surface area contributed by atoms with E-state index in [1.54, 1.807) is 0 Å². The Balaban J connectivity index is 1.71. The van der Waals surface area contributed by atoms with Gasteiger partial charge in [0.25, 0.3) is 0 Å². The molecule has 2 heterocycles. The quantitative estimate of drug-likeness (QED) is 0.759. The SMILES string of the molecule is Nc1ncc(-c2ccccc2)c([C@@H]2CCCCN2Cc2ccccc2)n1. The van der Waals surface area contributed by atoms with E-state index in [4.69, 9.17) is 10.7 Å². The van der Waals surface area contributed by atoms with Crippen LogP contribution in [0.2, 0.25) is 0 Å². The van der Waals surface area contributed by atoms with Gasteiger partial charge in [0.1, 0.15) is 0 Å². The van der Waals surface area contributed by atoms with Crippen LogP contribution in [0.15, 0.2) is 66.9 Å². The lowest BCUT2D eigenvalue weighted by molar-refractivity contribution is 0.137. The number of rotatable bonds is 4. The maximum Gasteiger partial charge on any atom is 0.220 e. The minimum atomic E-state index is 0.268. The number of anilines is 1. The van der Waals surface area contributed by atoms with Crippen molar-refractivity contribution in [3.05, 3.63) is 78.1 Å². The van der Waals surface area contributed by atoms with Crippen molar-refractivity contribution in [2.24, 2.45) is 0 Å². The minimum Gasteiger partial charge on any atom is -0.368 e. The van der Waals surface area contributed by atoms with E-state index in [9.17, 15) is 0 Å². The van der Waals surface area contributed by atoms with Gasteiger partial charge in [0, 0.05) is 18.3 Å². The Bertz CT molecular complexity index is 849. The first-order chi connectivity index (χ1) is 12.8. The monoisotopic (exact) mass is 344 g/mol. The zero-order chi connectivity index (χ0) is 17.8. The van der Waals surface area contributed by atoms with E-state index >= 15 is 0 Å². The van der Waals surface area contributed by atoms with Crippen LogP contribution in [0.5, 0.6) is 0 Å². The standard InChI is InChI=1S/C22H24N4/c23-22-24-15-19(18-11-5-2-6-12-18)21(25-22)20-13-7-8-14-26(20)16-17-9-3-1-4-10-17/h1-6,9-12,15,20H,7-8,13-14,16H2,(H2,23,24,25)/t20-/m0/s1. The normalized spacial score (nSPS) is 17.9. The summed E-state index contributed by atoms with van der Waals surface area (Å²) in [5.41, 5.74) is 10.6. The number of hydrogen-bond acceptors (Lipinski definition) is 4. The van der Waals surface area contributed by atoms with Gasteiger partial charge in [-0.2, -0.15) is 0 Å². The molecule has 1 saturated heterocycles. The molecule has 0 saturated carbocycles. The second kappa shape index (κ2) is 7.67. The third-order valence-electron chi connectivity index (χ3n) is 5.08. The molecule has 1 aliphatic rings. The predicted molar refractivity (Wildman–Crippen MR) is 105 cm³/mol. The number of likely N-dealkylation sites (tertiary alicyclic amines) is 1. The van der Waals surface area contributed by atoms with E-state index in [-0.39, 0.29) is 6.04 Å². The van der Waals surface area contributed by atoms with Crippen molar-refractivity contribution < 1.29 is 0 Å². The van der Waals surface area contributed by atoms with Gasteiger partial charge < -0.3 is 5.73 Å². The summed E-state index contributed by atoms with van der Waals surface area (Å²) in [4.78, 5) is 11.5. The average Bonchev–Trinajstić information content (AvgIpc) is 2.70. The number of nitrogens with two attached hydrogens (primary N) is 1. The molecule has 26 heavy (non-hydrogen) atoms. The molecule has 2 N–H and O–H groups in total. The number of nitrogen functional groups attached to an aromatic ring is 1. The summed E-state index contributed by atoms with van der Waals surface area (Å²) in [6.45, 7) is 2.02. The maximum atomic E-state index is 5.97. The van der Waals surface area contributed by atoms with Crippen molar-refractivity contribution in [2.75, 3.05) is 12.3 Å². The molecule has 0 amide bonds. The van der Waals surface area contributed by atoms with Gasteiger partial charge in [-0.1, -0.05) is 67.1 Å². The van der Waals surface area contributed by atoms with E-state index in [1.807, 2.05) is 12.3 Å².